The van der Waals surface area contributed by atoms with Crippen LogP contribution in [0.2, 0.25) is 0 Å². The van der Waals surface area contributed by atoms with Crippen molar-refractivity contribution in [1.82, 2.24) is 0 Å². The molecule has 0 aromatic heterocycles. The van der Waals surface area contributed by atoms with Gasteiger partial charge < -0.3 is 9.90 Å². The molecule has 0 amide bonds. The Balaban J connectivity index is 4.06. The first-order valence-corrected chi connectivity index (χ1v) is 3.46. The first-order chi connectivity index (χ1) is 4.63. The van der Waals surface area contributed by atoms with Crippen LogP contribution >= 0.6 is 11.6 Å². The Morgan fingerprint density at radius 1 is 1.60 bits per heavy atom. The third-order valence-electron chi connectivity index (χ3n) is 1.21. The normalized spacial score (nSPS) is 12.6. The highest BCUT2D eigenvalue weighted by Crippen LogP contribution is 2.03. The fourth-order valence-corrected chi connectivity index (χ4v) is 0.805. The lowest BCUT2D eigenvalue weighted by molar-refractivity contribution is -0.309. The lowest BCUT2D eigenvalue weighted by atomic mass is 10.0. The van der Waals surface area contributed by atoms with Gasteiger partial charge in [0.1, 0.15) is 0 Å². The van der Waals surface area contributed by atoms with Crippen molar-refractivity contribution in [3.8, 4) is 0 Å². The summed E-state index contributed by atoms with van der Waals surface area (Å²) in [4.78, 5) is 20.8. The molecule has 0 saturated carbocycles. The first kappa shape index (κ1) is 9.43. The molecular weight excluding hydrogens is 156 g/mol. The minimum Gasteiger partial charge on any atom is -0.549 e. The van der Waals surface area contributed by atoms with E-state index in [9.17, 15) is 14.7 Å². The molecule has 0 aromatic rings. The summed E-state index contributed by atoms with van der Waals surface area (Å²) in [5.74, 6) is -3.11. The molecule has 58 valence electrons. The van der Waals surface area contributed by atoms with Crippen molar-refractivity contribution in [3.63, 3.8) is 0 Å². The molecule has 0 radical (unpaired) electrons. The van der Waals surface area contributed by atoms with Crippen molar-refractivity contribution in [3.05, 3.63) is 0 Å². The predicted molar refractivity (Wildman–Crippen MR) is 34.5 cm³/mol. The summed E-state index contributed by atoms with van der Waals surface area (Å²) in [5.41, 5.74) is 0. The minimum absolute atomic E-state index is 0.244. The quantitative estimate of drug-likeness (QED) is 0.418. The number of ketones is 1. The van der Waals surface area contributed by atoms with Crippen LogP contribution < -0.4 is 5.11 Å². The number of carboxylic acid groups (broad SMARTS) is 1. The highest BCUT2D eigenvalue weighted by Gasteiger charge is 2.15. The van der Waals surface area contributed by atoms with Crippen LogP contribution in [0.3, 0.4) is 0 Å². The number of Topliss-reactive ketones (excluding diaryl/α,β-unsaturated/α-hetero) is 1. The van der Waals surface area contributed by atoms with E-state index in [0.717, 1.165) is 0 Å². The monoisotopic (exact) mass is 163 g/mol. The molecule has 0 aromatic carbocycles. The number of carbonyl (C=O) groups is 2. The number of hydrogen-bond acceptors (Lipinski definition) is 3. The van der Waals surface area contributed by atoms with E-state index in [1.165, 1.54) is 0 Å². The summed E-state index contributed by atoms with van der Waals surface area (Å²) >= 11 is 5.13. The van der Waals surface area contributed by atoms with E-state index in [4.69, 9.17) is 11.6 Å². The fourth-order valence-electron chi connectivity index (χ4n) is 0.619. The van der Waals surface area contributed by atoms with Gasteiger partial charge in [-0.25, -0.2) is 0 Å². The van der Waals surface area contributed by atoms with Crippen LogP contribution in [-0.2, 0) is 9.59 Å². The van der Waals surface area contributed by atoms with E-state index in [0.29, 0.717) is 0 Å². The molecule has 10 heavy (non-hydrogen) atoms. The predicted octanol–water partition coefficient (Wildman–Crippen LogP) is -0.430. The van der Waals surface area contributed by atoms with Gasteiger partial charge in [-0.1, -0.05) is 6.92 Å². The van der Waals surface area contributed by atoms with Gasteiger partial charge in [0, 0.05) is 0 Å². The van der Waals surface area contributed by atoms with Gasteiger partial charge in [0.05, 0.1) is 17.8 Å². The zero-order valence-corrected chi connectivity index (χ0v) is 6.35. The Labute approximate surface area is 64.0 Å². The maximum absolute atomic E-state index is 10.6. The second-order valence-corrected chi connectivity index (χ2v) is 2.15. The van der Waals surface area contributed by atoms with E-state index in [2.05, 4.69) is 0 Å². The van der Waals surface area contributed by atoms with Crippen molar-refractivity contribution in [2.45, 2.75) is 13.3 Å². The Kier molecular flexibility index (Phi) is 4.03. The summed E-state index contributed by atoms with van der Waals surface area (Å²) < 4.78 is 0. The van der Waals surface area contributed by atoms with Gasteiger partial charge in [0.15, 0.2) is 5.78 Å². The molecule has 0 heterocycles. The van der Waals surface area contributed by atoms with E-state index < -0.39 is 17.7 Å². The number of hydrogen-bond donors (Lipinski definition) is 0. The van der Waals surface area contributed by atoms with Gasteiger partial charge in [-0.2, -0.15) is 0 Å². The third kappa shape index (κ3) is 2.35. The van der Waals surface area contributed by atoms with E-state index in [1.807, 2.05) is 0 Å². The number of rotatable bonds is 4. The van der Waals surface area contributed by atoms with E-state index in [1.54, 1.807) is 6.92 Å². The van der Waals surface area contributed by atoms with Crippen molar-refractivity contribution in [1.29, 1.82) is 0 Å². The summed E-state index contributed by atoms with van der Waals surface area (Å²) in [6, 6.07) is 0. The molecule has 0 bridgehead atoms. The largest absolute Gasteiger partial charge is 0.549 e. The first-order valence-electron chi connectivity index (χ1n) is 2.93. The average molecular weight is 164 g/mol. The van der Waals surface area contributed by atoms with Gasteiger partial charge >= 0.3 is 0 Å². The maximum atomic E-state index is 10.6. The zero-order chi connectivity index (χ0) is 8.15. The molecule has 0 N–H and O–H groups in total. The number of carboxylic acids is 1. The smallest absolute Gasteiger partial charge is 0.156 e. The molecule has 1 unspecified atom stereocenters. The van der Waals surface area contributed by atoms with Crippen molar-refractivity contribution >= 4 is 23.4 Å². The van der Waals surface area contributed by atoms with E-state index >= 15 is 0 Å². The van der Waals surface area contributed by atoms with Gasteiger partial charge in [0.2, 0.25) is 0 Å². The Hall–Kier alpha value is -0.570. The molecular formula is C6H8ClO3-. The van der Waals surface area contributed by atoms with Crippen LogP contribution in [0.25, 0.3) is 0 Å². The lowest BCUT2D eigenvalue weighted by Crippen LogP contribution is -2.36. The minimum atomic E-state index is -1.34. The summed E-state index contributed by atoms with van der Waals surface area (Å²) in [7, 11) is 0. The second kappa shape index (κ2) is 4.28. The SMILES string of the molecule is CCC(C(=O)[O-])C(=O)CCl. The van der Waals surface area contributed by atoms with Crippen molar-refractivity contribution < 1.29 is 14.7 Å². The summed E-state index contributed by atoms with van der Waals surface area (Å²) in [6.07, 6.45) is 0.244. The topological polar surface area (TPSA) is 57.2 Å². The summed E-state index contributed by atoms with van der Waals surface area (Å²) in [6.45, 7) is 1.60. The molecule has 0 spiro atoms. The van der Waals surface area contributed by atoms with Gasteiger partial charge in [-0.15, -0.1) is 11.6 Å². The van der Waals surface area contributed by atoms with Crippen LogP contribution in [0.5, 0.6) is 0 Å². The number of halogens is 1. The van der Waals surface area contributed by atoms with Crippen LogP contribution in [0.15, 0.2) is 0 Å². The third-order valence-corrected chi connectivity index (χ3v) is 1.48. The fraction of sp³-hybridized carbons (Fsp3) is 0.667. The van der Waals surface area contributed by atoms with Crippen LogP contribution in [0.4, 0.5) is 0 Å². The molecule has 4 heteroatoms. The average Bonchev–Trinajstić information content (AvgIpc) is 1.88. The molecule has 0 rings (SSSR count). The Morgan fingerprint density at radius 2 is 2.10 bits per heavy atom. The van der Waals surface area contributed by atoms with Gasteiger partial charge in [-0.3, -0.25) is 4.79 Å². The number of aliphatic carboxylic acids is 1. The van der Waals surface area contributed by atoms with Crippen LogP contribution in [-0.4, -0.2) is 17.6 Å². The Morgan fingerprint density at radius 3 is 2.20 bits per heavy atom. The number of alkyl halides is 1. The highest BCUT2D eigenvalue weighted by atomic mass is 35.5. The molecule has 1 atom stereocenters. The Bertz CT molecular complexity index is 144. The van der Waals surface area contributed by atoms with Crippen LogP contribution in [0, 0.1) is 5.92 Å². The van der Waals surface area contributed by atoms with Crippen LogP contribution in [0.1, 0.15) is 13.3 Å². The molecule has 0 fully saturated rings. The highest BCUT2D eigenvalue weighted by molar-refractivity contribution is 6.29. The van der Waals surface area contributed by atoms with Crippen molar-refractivity contribution in [2.24, 2.45) is 5.92 Å². The number of carbonyl (C=O) groups excluding carboxylic acids is 2. The van der Waals surface area contributed by atoms with E-state index in [-0.39, 0.29) is 12.3 Å². The van der Waals surface area contributed by atoms with Gasteiger partial charge in [-0.05, 0) is 6.42 Å². The second-order valence-electron chi connectivity index (χ2n) is 1.88. The van der Waals surface area contributed by atoms with Gasteiger partial charge in [0.25, 0.3) is 0 Å². The zero-order valence-electron chi connectivity index (χ0n) is 5.59. The summed E-state index contributed by atoms with van der Waals surface area (Å²) in [5, 5.41) is 10.1. The molecule has 0 saturated heterocycles. The van der Waals surface area contributed by atoms with Crippen molar-refractivity contribution in [2.75, 3.05) is 5.88 Å². The standard InChI is InChI=1S/C6H9ClO3/c1-2-4(6(9)10)5(8)3-7/h4H,2-3H2,1H3,(H,9,10)/p-1. The lowest BCUT2D eigenvalue weighted by Gasteiger charge is -2.11. The molecule has 3 nitrogen and oxygen atoms in total. The molecule has 0 aliphatic rings. The molecule has 0 aliphatic heterocycles. The maximum Gasteiger partial charge on any atom is 0.156 e. The molecule has 0 aliphatic carbocycles.